The molecule has 2 nitrogen and oxygen atoms in total. The number of likely N-dealkylation sites (tertiary alicyclic amines) is 1. The first-order chi connectivity index (χ1) is 9.67. The normalized spacial score (nSPS) is 24.2. The van der Waals surface area contributed by atoms with Crippen molar-refractivity contribution in [3.05, 3.63) is 35.9 Å². The predicted octanol–water partition coefficient (Wildman–Crippen LogP) is 3.14. The third-order valence-corrected chi connectivity index (χ3v) is 4.00. The van der Waals surface area contributed by atoms with Gasteiger partial charge >= 0.3 is 0 Å². The van der Waals surface area contributed by atoms with E-state index in [1.165, 1.54) is 5.56 Å². The molecule has 0 amide bonds. The third kappa shape index (κ3) is 4.84. The van der Waals surface area contributed by atoms with Gasteiger partial charge in [-0.2, -0.15) is 0 Å². The second-order valence-electron chi connectivity index (χ2n) is 5.69. The highest BCUT2D eigenvalue weighted by Crippen LogP contribution is 2.21. The van der Waals surface area contributed by atoms with Crippen LogP contribution in [0.2, 0.25) is 0 Å². The molecule has 0 aliphatic carbocycles. The molecule has 112 valence electrons. The standard InChI is InChI=1S/C16H24F2N2/c1-2-13-8-15(19-9-16(17)18)12-20(10-13)11-14-6-4-3-5-7-14/h3-7,13,15-16,19H,2,8-12H2,1H3. The summed E-state index contributed by atoms with van der Waals surface area (Å²) in [7, 11) is 0. The van der Waals surface area contributed by atoms with E-state index in [4.69, 9.17) is 0 Å². The third-order valence-electron chi connectivity index (χ3n) is 4.00. The van der Waals surface area contributed by atoms with Crippen LogP contribution in [0.15, 0.2) is 30.3 Å². The minimum atomic E-state index is -2.26. The highest BCUT2D eigenvalue weighted by Gasteiger charge is 2.26. The predicted molar refractivity (Wildman–Crippen MR) is 77.9 cm³/mol. The van der Waals surface area contributed by atoms with Crippen molar-refractivity contribution in [3.63, 3.8) is 0 Å². The summed E-state index contributed by atoms with van der Waals surface area (Å²) in [6, 6.07) is 10.5. The van der Waals surface area contributed by atoms with E-state index < -0.39 is 6.43 Å². The molecule has 1 aromatic rings. The van der Waals surface area contributed by atoms with Gasteiger partial charge in [0.1, 0.15) is 0 Å². The quantitative estimate of drug-likeness (QED) is 0.862. The first kappa shape index (κ1) is 15.4. The first-order valence-electron chi connectivity index (χ1n) is 7.45. The van der Waals surface area contributed by atoms with Crippen molar-refractivity contribution in [2.45, 2.75) is 38.8 Å². The molecule has 1 saturated heterocycles. The Bertz CT molecular complexity index is 383. The van der Waals surface area contributed by atoms with E-state index in [-0.39, 0.29) is 12.6 Å². The second-order valence-corrected chi connectivity index (χ2v) is 5.69. The van der Waals surface area contributed by atoms with Crippen molar-refractivity contribution < 1.29 is 8.78 Å². The Morgan fingerprint density at radius 1 is 1.25 bits per heavy atom. The summed E-state index contributed by atoms with van der Waals surface area (Å²) < 4.78 is 24.7. The number of halogens is 2. The summed E-state index contributed by atoms with van der Waals surface area (Å²) in [5.41, 5.74) is 1.29. The maximum absolute atomic E-state index is 12.3. The fraction of sp³-hybridized carbons (Fsp3) is 0.625. The number of benzene rings is 1. The molecule has 2 unspecified atom stereocenters. The van der Waals surface area contributed by atoms with E-state index in [9.17, 15) is 8.78 Å². The Kier molecular flexibility index (Phi) is 5.92. The van der Waals surface area contributed by atoms with Gasteiger partial charge in [0.05, 0.1) is 6.54 Å². The van der Waals surface area contributed by atoms with Gasteiger partial charge in [-0.05, 0) is 17.9 Å². The SMILES string of the molecule is CCC1CC(NCC(F)F)CN(Cc2ccccc2)C1. The first-order valence-corrected chi connectivity index (χ1v) is 7.45. The van der Waals surface area contributed by atoms with E-state index in [0.717, 1.165) is 32.5 Å². The summed E-state index contributed by atoms with van der Waals surface area (Å²) in [5.74, 6) is 0.600. The summed E-state index contributed by atoms with van der Waals surface area (Å²) in [6.07, 6.45) is -0.147. The summed E-state index contributed by atoms with van der Waals surface area (Å²) >= 11 is 0. The molecule has 20 heavy (non-hydrogen) atoms. The van der Waals surface area contributed by atoms with Gasteiger partial charge in [0.2, 0.25) is 0 Å². The van der Waals surface area contributed by atoms with Crippen LogP contribution < -0.4 is 5.32 Å². The molecule has 1 N–H and O–H groups in total. The van der Waals surface area contributed by atoms with Crippen LogP contribution in [0.4, 0.5) is 8.78 Å². The zero-order valence-corrected chi connectivity index (χ0v) is 12.1. The van der Waals surface area contributed by atoms with Crippen LogP contribution in [-0.2, 0) is 6.54 Å². The molecule has 2 atom stereocenters. The van der Waals surface area contributed by atoms with E-state index in [1.807, 2.05) is 18.2 Å². The number of hydrogen-bond acceptors (Lipinski definition) is 2. The summed E-state index contributed by atoms with van der Waals surface area (Å²) in [4.78, 5) is 2.39. The molecular weight excluding hydrogens is 258 g/mol. The smallest absolute Gasteiger partial charge is 0.250 e. The lowest BCUT2D eigenvalue weighted by Gasteiger charge is -2.38. The van der Waals surface area contributed by atoms with E-state index in [2.05, 4.69) is 29.3 Å². The lowest BCUT2D eigenvalue weighted by atomic mass is 9.91. The minimum absolute atomic E-state index is 0.186. The van der Waals surface area contributed by atoms with Crippen molar-refractivity contribution in [2.24, 2.45) is 5.92 Å². The van der Waals surface area contributed by atoms with Crippen LogP contribution in [0.3, 0.4) is 0 Å². The monoisotopic (exact) mass is 282 g/mol. The molecule has 0 bridgehead atoms. The minimum Gasteiger partial charge on any atom is -0.307 e. The molecule has 0 aromatic heterocycles. The molecule has 1 aromatic carbocycles. The van der Waals surface area contributed by atoms with Crippen molar-refractivity contribution >= 4 is 0 Å². The van der Waals surface area contributed by atoms with Gasteiger partial charge in [0, 0.05) is 25.7 Å². The molecule has 1 heterocycles. The second kappa shape index (κ2) is 7.70. The van der Waals surface area contributed by atoms with Crippen molar-refractivity contribution in [1.29, 1.82) is 0 Å². The van der Waals surface area contributed by atoms with Gasteiger partial charge in [-0.3, -0.25) is 4.90 Å². The van der Waals surface area contributed by atoms with Gasteiger partial charge in [0.25, 0.3) is 6.43 Å². The Balaban J connectivity index is 1.91. The molecule has 0 spiro atoms. The van der Waals surface area contributed by atoms with E-state index in [0.29, 0.717) is 5.92 Å². The largest absolute Gasteiger partial charge is 0.307 e. The van der Waals surface area contributed by atoms with Crippen LogP contribution in [0.1, 0.15) is 25.3 Å². The fourth-order valence-corrected chi connectivity index (χ4v) is 2.97. The Morgan fingerprint density at radius 2 is 2.00 bits per heavy atom. The zero-order chi connectivity index (χ0) is 14.4. The highest BCUT2D eigenvalue weighted by atomic mass is 19.3. The number of rotatable bonds is 6. The molecule has 0 radical (unpaired) electrons. The van der Waals surface area contributed by atoms with Crippen LogP contribution in [0, 0.1) is 5.92 Å². The van der Waals surface area contributed by atoms with Crippen LogP contribution in [0.5, 0.6) is 0 Å². The lowest BCUT2D eigenvalue weighted by molar-refractivity contribution is 0.104. The molecule has 2 rings (SSSR count). The molecular formula is C16H24F2N2. The lowest BCUT2D eigenvalue weighted by Crippen LogP contribution is -2.49. The van der Waals surface area contributed by atoms with E-state index in [1.54, 1.807) is 0 Å². The van der Waals surface area contributed by atoms with Crippen LogP contribution in [0.25, 0.3) is 0 Å². The summed E-state index contributed by atoms with van der Waals surface area (Å²) in [6.45, 7) is 4.82. The van der Waals surface area contributed by atoms with Gasteiger partial charge < -0.3 is 5.32 Å². The number of nitrogens with one attached hydrogen (secondary N) is 1. The maximum Gasteiger partial charge on any atom is 0.250 e. The van der Waals surface area contributed by atoms with Crippen LogP contribution in [-0.4, -0.2) is 37.0 Å². The topological polar surface area (TPSA) is 15.3 Å². The van der Waals surface area contributed by atoms with Gasteiger partial charge in [-0.1, -0.05) is 43.7 Å². The average molecular weight is 282 g/mol. The Morgan fingerprint density at radius 3 is 2.65 bits per heavy atom. The van der Waals surface area contributed by atoms with Crippen LogP contribution >= 0.6 is 0 Å². The summed E-state index contributed by atoms with van der Waals surface area (Å²) in [5, 5.41) is 3.01. The van der Waals surface area contributed by atoms with Gasteiger partial charge in [-0.15, -0.1) is 0 Å². The maximum atomic E-state index is 12.3. The van der Waals surface area contributed by atoms with Crippen molar-refractivity contribution in [2.75, 3.05) is 19.6 Å². The highest BCUT2D eigenvalue weighted by molar-refractivity contribution is 5.14. The average Bonchev–Trinajstić information content (AvgIpc) is 2.46. The van der Waals surface area contributed by atoms with Gasteiger partial charge in [-0.25, -0.2) is 8.78 Å². The Hall–Kier alpha value is -1.00. The van der Waals surface area contributed by atoms with Crippen molar-refractivity contribution in [3.8, 4) is 0 Å². The molecule has 0 saturated carbocycles. The number of hydrogen-bond donors (Lipinski definition) is 1. The Labute approximate surface area is 120 Å². The molecule has 4 heteroatoms. The fourth-order valence-electron chi connectivity index (χ4n) is 2.97. The molecule has 1 aliphatic rings. The number of piperidine rings is 1. The zero-order valence-electron chi connectivity index (χ0n) is 12.1. The molecule has 1 aliphatic heterocycles. The number of nitrogens with zero attached hydrogens (tertiary/aromatic N) is 1. The van der Waals surface area contributed by atoms with E-state index >= 15 is 0 Å². The number of alkyl halides is 2. The van der Waals surface area contributed by atoms with Gasteiger partial charge in [0.15, 0.2) is 0 Å². The van der Waals surface area contributed by atoms with Crippen molar-refractivity contribution in [1.82, 2.24) is 10.2 Å². The molecule has 1 fully saturated rings.